The second-order valence-electron chi connectivity index (χ2n) is 15.2. The molecular weight excluding hydrogens is 711 g/mol. The summed E-state index contributed by atoms with van der Waals surface area (Å²) in [6.45, 7) is 13.3. The van der Waals surface area contributed by atoms with Crippen LogP contribution in [0.5, 0.6) is 11.5 Å². The summed E-state index contributed by atoms with van der Waals surface area (Å²) in [5.41, 5.74) is -1.48. The molecule has 2 aromatic heterocycles. The van der Waals surface area contributed by atoms with Crippen molar-refractivity contribution in [1.82, 2.24) is 24.6 Å². The average molecular weight is 760 g/mol. The number of carbonyl (C=O) groups excluding carboxylic acids is 1. The minimum atomic E-state index is -4.82. The third-order valence-corrected chi connectivity index (χ3v) is 10.0. The number of phosphoric acid groups is 1. The van der Waals surface area contributed by atoms with E-state index >= 15 is 0 Å². The van der Waals surface area contributed by atoms with Crippen molar-refractivity contribution in [3.05, 3.63) is 60.7 Å². The van der Waals surface area contributed by atoms with Crippen molar-refractivity contribution >= 4 is 41.8 Å². The van der Waals surface area contributed by atoms with Crippen LogP contribution in [0.4, 0.5) is 26.0 Å². The molecule has 1 atom stereocenters. The lowest BCUT2D eigenvalue weighted by Gasteiger charge is -2.57. The standard InChI is InChI=1S/C36H48F2N7O7P/c1-34(2,3)36(35(4,5)6,52-53(47,48)49)30-13-9-14-44(30)15-10-16-51-29-18-27-24(17-28(29)50-7)33(40-22-39-27)42-23-19-41-45(20-23)21-31(46)43-26-12-8-11-25(37)32(26)38/h8,11-12,17-20,22,30H,9-10,13-16,21H2,1-7H3,(H,43,46)(H,39,40,42)(H2,47,48,49)/t30-/m0/s1. The predicted octanol–water partition coefficient (Wildman–Crippen LogP) is 6.67. The first kappa shape index (κ1) is 40.0. The highest BCUT2D eigenvalue weighted by molar-refractivity contribution is 7.46. The Morgan fingerprint density at radius 1 is 1.08 bits per heavy atom. The van der Waals surface area contributed by atoms with Crippen LogP contribution >= 0.6 is 7.82 Å². The first-order valence-electron chi connectivity index (χ1n) is 17.3. The quantitative estimate of drug-likeness (QED) is 0.0796. The zero-order chi connectivity index (χ0) is 38.8. The number of phosphoric ester groups is 1. The summed E-state index contributed by atoms with van der Waals surface area (Å²) in [7, 11) is -3.29. The van der Waals surface area contributed by atoms with Gasteiger partial charge in [0.05, 0.1) is 36.8 Å². The van der Waals surface area contributed by atoms with Gasteiger partial charge in [-0.25, -0.2) is 23.3 Å². The highest BCUT2D eigenvalue weighted by Crippen LogP contribution is 2.59. The van der Waals surface area contributed by atoms with Gasteiger partial charge in [-0.15, -0.1) is 0 Å². The minimum Gasteiger partial charge on any atom is -0.493 e. The van der Waals surface area contributed by atoms with E-state index in [2.05, 4.69) is 30.6 Å². The molecule has 2 aromatic carbocycles. The maximum absolute atomic E-state index is 14.0. The molecule has 1 fully saturated rings. The topological polar surface area (TPSA) is 173 Å². The number of halogens is 2. The van der Waals surface area contributed by atoms with Gasteiger partial charge in [0.2, 0.25) is 5.91 Å². The van der Waals surface area contributed by atoms with E-state index in [1.54, 1.807) is 18.3 Å². The Morgan fingerprint density at radius 2 is 1.81 bits per heavy atom. The minimum absolute atomic E-state index is 0.220. The normalized spacial score (nSPS) is 15.9. The second-order valence-corrected chi connectivity index (χ2v) is 16.3. The van der Waals surface area contributed by atoms with Crippen molar-refractivity contribution in [2.45, 2.75) is 79.0 Å². The molecule has 1 amide bonds. The van der Waals surface area contributed by atoms with E-state index < -0.39 is 41.8 Å². The lowest BCUT2D eigenvalue weighted by Crippen LogP contribution is -2.65. The van der Waals surface area contributed by atoms with Crippen LogP contribution < -0.4 is 20.1 Å². The summed E-state index contributed by atoms with van der Waals surface area (Å²) in [6.07, 6.45) is 6.73. The number of amides is 1. The molecule has 17 heteroatoms. The molecule has 4 N–H and O–H groups in total. The fraction of sp³-hybridized carbons (Fsp3) is 0.500. The van der Waals surface area contributed by atoms with E-state index in [0.29, 0.717) is 53.5 Å². The van der Waals surface area contributed by atoms with E-state index in [9.17, 15) is 27.9 Å². The van der Waals surface area contributed by atoms with Crippen molar-refractivity contribution in [3.63, 3.8) is 0 Å². The van der Waals surface area contributed by atoms with Crippen LogP contribution in [0.3, 0.4) is 0 Å². The molecule has 53 heavy (non-hydrogen) atoms. The first-order chi connectivity index (χ1) is 24.8. The number of nitrogens with one attached hydrogen (secondary N) is 2. The van der Waals surface area contributed by atoms with Gasteiger partial charge in [0.25, 0.3) is 0 Å². The Morgan fingerprint density at radius 3 is 2.49 bits per heavy atom. The first-order valence-corrected chi connectivity index (χ1v) is 18.9. The Kier molecular flexibility index (Phi) is 11.8. The number of rotatable bonds is 14. The molecule has 1 aliphatic rings. The largest absolute Gasteiger partial charge is 0.493 e. The van der Waals surface area contributed by atoms with Gasteiger partial charge in [-0.2, -0.15) is 5.10 Å². The molecule has 0 bridgehead atoms. The van der Waals surface area contributed by atoms with Crippen molar-refractivity contribution in [1.29, 1.82) is 0 Å². The number of ether oxygens (including phenoxy) is 2. The Bertz CT molecular complexity index is 1960. The molecule has 3 heterocycles. The summed E-state index contributed by atoms with van der Waals surface area (Å²) >= 11 is 0. The number of likely N-dealkylation sites (tertiary alicyclic amines) is 1. The van der Waals surface area contributed by atoms with Crippen molar-refractivity contribution in [3.8, 4) is 11.5 Å². The molecule has 4 aromatic rings. The number of hydrogen-bond donors (Lipinski definition) is 4. The van der Waals surface area contributed by atoms with Crippen LogP contribution in [0, 0.1) is 22.5 Å². The molecule has 5 rings (SSSR count). The van der Waals surface area contributed by atoms with Crippen LogP contribution in [-0.4, -0.2) is 78.8 Å². The maximum Gasteiger partial charge on any atom is 0.470 e. The fourth-order valence-corrected chi connectivity index (χ4v) is 8.72. The number of benzene rings is 2. The Labute approximate surface area is 307 Å². The number of carbonyl (C=O) groups is 1. The third kappa shape index (κ3) is 8.95. The van der Waals surface area contributed by atoms with Crippen molar-refractivity contribution < 1.29 is 41.9 Å². The molecule has 1 saturated heterocycles. The number of anilines is 3. The monoisotopic (exact) mass is 759 g/mol. The average Bonchev–Trinajstić information content (AvgIpc) is 3.71. The number of aromatic nitrogens is 4. The van der Waals surface area contributed by atoms with Crippen LogP contribution in [0.2, 0.25) is 0 Å². The molecule has 0 saturated carbocycles. The van der Waals surface area contributed by atoms with E-state index in [0.717, 1.165) is 25.5 Å². The van der Waals surface area contributed by atoms with Crippen LogP contribution in [-0.2, 0) is 20.4 Å². The van der Waals surface area contributed by atoms with Gasteiger partial charge in [-0.1, -0.05) is 47.6 Å². The summed E-state index contributed by atoms with van der Waals surface area (Å²) < 4.78 is 58.9. The zero-order valence-electron chi connectivity index (χ0n) is 31.0. The van der Waals surface area contributed by atoms with Gasteiger partial charge < -0.3 is 29.9 Å². The molecule has 0 aliphatic carbocycles. The van der Waals surface area contributed by atoms with Gasteiger partial charge in [0.1, 0.15) is 24.3 Å². The van der Waals surface area contributed by atoms with E-state index in [1.807, 2.05) is 41.5 Å². The molecule has 1 aliphatic heterocycles. The Hall–Kier alpha value is -4.21. The van der Waals surface area contributed by atoms with Gasteiger partial charge in [-0.3, -0.25) is 18.9 Å². The molecule has 14 nitrogen and oxygen atoms in total. The molecular formula is C36H48F2N7O7P. The van der Waals surface area contributed by atoms with Gasteiger partial charge in [0.15, 0.2) is 23.1 Å². The predicted molar refractivity (Wildman–Crippen MR) is 196 cm³/mol. The summed E-state index contributed by atoms with van der Waals surface area (Å²) in [5.74, 6) is -1.40. The fourth-order valence-electron chi connectivity index (χ4n) is 7.68. The van der Waals surface area contributed by atoms with Crippen molar-refractivity contribution in [2.75, 3.05) is 37.4 Å². The summed E-state index contributed by atoms with van der Waals surface area (Å²) in [6, 6.07) is 6.83. The van der Waals surface area contributed by atoms with Crippen LogP contribution in [0.15, 0.2) is 49.1 Å². The highest BCUT2D eigenvalue weighted by atomic mass is 31.2. The molecule has 0 spiro atoms. The zero-order valence-corrected chi connectivity index (χ0v) is 31.9. The number of methoxy groups -OCH3 is 1. The smallest absolute Gasteiger partial charge is 0.470 e. The van der Waals surface area contributed by atoms with Crippen LogP contribution in [0.1, 0.15) is 60.8 Å². The number of fused-ring (bicyclic) bond motifs is 1. The lowest BCUT2D eigenvalue weighted by molar-refractivity contribution is -0.168. The summed E-state index contributed by atoms with van der Waals surface area (Å²) in [4.78, 5) is 43.6. The highest BCUT2D eigenvalue weighted by Gasteiger charge is 2.61. The SMILES string of the molecule is COc1cc2c(Nc3cnn(CC(=O)Nc4cccc(F)c4F)c3)ncnc2cc1OCCCN1CCC[C@H]1C(OP(=O)(O)O)(C(C)(C)C)C(C)(C)C. The second kappa shape index (κ2) is 15.6. The van der Waals surface area contributed by atoms with E-state index in [-0.39, 0.29) is 18.3 Å². The number of nitrogens with zero attached hydrogens (tertiary/aromatic N) is 5. The molecule has 288 valence electrons. The maximum atomic E-state index is 14.0. The van der Waals surface area contributed by atoms with Crippen molar-refractivity contribution in [2.24, 2.45) is 10.8 Å². The molecule has 0 radical (unpaired) electrons. The van der Waals surface area contributed by atoms with E-state index in [4.69, 9.17) is 14.0 Å². The Balaban J connectivity index is 1.24. The summed E-state index contributed by atoms with van der Waals surface area (Å²) in [5, 5.41) is 10.3. The van der Waals surface area contributed by atoms with Crippen LogP contribution in [0.25, 0.3) is 10.9 Å². The van der Waals surface area contributed by atoms with Gasteiger partial charge >= 0.3 is 7.82 Å². The van der Waals surface area contributed by atoms with Gasteiger partial charge in [-0.05, 0) is 54.8 Å². The third-order valence-electron chi connectivity index (χ3n) is 9.52. The molecule has 0 unspecified atom stereocenters. The van der Waals surface area contributed by atoms with E-state index in [1.165, 1.54) is 36.4 Å². The lowest BCUT2D eigenvalue weighted by atomic mass is 9.58. The van der Waals surface area contributed by atoms with Gasteiger partial charge in [0, 0.05) is 30.2 Å². The number of hydrogen-bond acceptors (Lipinski definition) is 10.